The number of hydrogen-bond donors (Lipinski definition) is 2. The van der Waals surface area contributed by atoms with Crippen LogP contribution >= 0.6 is 35.6 Å². The lowest BCUT2D eigenvalue weighted by Gasteiger charge is -2.08. The molecule has 0 amide bonds. The summed E-state index contributed by atoms with van der Waals surface area (Å²) in [5.74, 6) is 1.64. The first kappa shape index (κ1) is 18.9. The number of methoxy groups -OCH3 is 1. The first-order chi connectivity index (χ1) is 11.2. The summed E-state index contributed by atoms with van der Waals surface area (Å²) < 4.78 is 5.13. The second kappa shape index (κ2) is 8.58. The Kier molecular flexibility index (Phi) is 6.74. The number of rotatable bonds is 5. The number of guanidine groups is 1. The zero-order valence-corrected chi connectivity index (χ0v) is 16.5. The van der Waals surface area contributed by atoms with E-state index >= 15 is 0 Å². The molecule has 0 bridgehead atoms. The number of anilines is 1. The molecular formula is C18H21ClIN3O. The molecule has 0 aromatic heterocycles. The molecule has 24 heavy (non-hydrogen) atoms. The van der Waals surface area contributed by atoms with Crippen LogP contribution in [0.4, 0.5) is 5.69 Å². The van der Waals surface area contributed by atoms with Gasteiger partial charge in [-0.1, -0.05) is 41.9 Å². The normalized spacial score (nSPS) is 19.3. The van der Waals surface area contributed by atoms with Crippen molar-refractivity contribution in [2.24, 2.45) is 16.6 Å². The van der Waals surface area contributed by atoms with Crippen molar-refractivity contribution in [3.8, 4) is 5.75 Å². The van der Waals surface area contributed by atoms with Gasteiger partial charge in [-0.2, -0.15) is 0 Å². The molecule has 0 heterocycles. The Hall–Kier alpha value is -1.47. The Bertz CT molecular complexity index is 709. The molecule has 0 spiro atoms. The zero-order chi connectivity index (χ0) is 16.2. The number of hydrogen-bond acceptors (Lipinski definition) is 2. The lowest BCUT2D eigenvalue weighted by molar-refractivity contribution is 0.415. The highest BCUT2D eigenvalue weighted by atomic mass is 127. The molecule has 1 aliphatic carbocycles. The third-order valence-electron chi connectivity index (χ3n) is 3.96. The van der Waals surface area contributed by atoms with Crippen molar-refractivity contribution in [2.45, 2.75) is 18.9 Å². The molecular weight excluding hydrogens is 437 g/mol. The predicted octanol–water partition coefficient (Wildman–Crippen LogP) is 4.32. The Morgan fingerprint density at radius 1 is 1.29 bits per heavy atom. The van der Waals surface area contributed by atoms with Gasteiger partial charge in [0.05, 0.1) is 18.2 Å². The van der Waals surface area contributed by atoms with E-state index in [1.54, 1.807) is 19.2 Å². The lowest BCUT2D eigenvalue weighted by Crippen LogP contribution is -2.23. The van der Waals surface area contributed by atoms with Crippen LogP contribution < -0.4 is 15.8 Å². The van der Waals surface area contributed by atoms with E-state index < -0.39 is 0 Å². The highest BCUT2D eigenvalue weighted by molar-refractivity contribution is 14.0. The van der Waals surface area contributed by atoms with Crippen LogP contribution in [0.1, 0.15) is 12.0 Å². The minimum atomic E-state index is 0. The molecule has 0 radical (unpaired) electrons. The van der Waals surface area contributed by atoms with Crippen LogP contribution in [0.2, 0.25) is 5.02 Å². The number of nitrogens with one attached hydrogen (secondary N) is 1. The van der Waals surface area contributed by atoms with Gasteiger partial charge in [-0.25, -0.2) is 4.99 Å². The first-order valence-electron chi connectivity index (χ1n) is 7.63. The Balaban J connectivity index is 0.00000208. The monoisotopic (exact) mass is 457 g/mol. The van der Waals surface area contributed by atoms with Gasteiger partial charge in [0, 0.05) is 5.69 Å². The van der Waals surface area contributed by atoms with Crippen molar-refractivity contribution in [1.29, 1.82) is 0 Å². The van der Waals surface area contributed by atoms with Crippen molar-refractivity contribution < 1.29 is 4.74 Å². The molecule has 3 rings (SSSR count). The largest absolute Gasteiger partial charge is 0.495 e. The number of benzene rings is 2. The van der Waals surface area contributed by atoms with Gasteiger partial charge < -0.3 is 15.8 Å². The summed E-state index contributed by atoms with van der Waals surface area (Å²) in [6.45, 7) is 0. The van der Waals surface area contributed by atoms with Crippen LogP contribution in [0.15, 0.2) is 53.5 Å². The van der Waals surface area contributed by atoms with Gasteiger partial charge in [0.15, 0.2) is 5.96 Å². The van der Waals surface area contributed by atoms with Crippen molar-refractivity contribution in [1.82, 2.24) is 0 Å². The van der Waals surface area contributed by atoms with Crippen LogP contribution in [-0.2, 0) is 6.42 Å². The maximum atomic E-state index is 6.10. The second-order valence-corrected chi connectivity index (χ2v) is 6.15. The first-order valence-corrected chi connectivity index (χ1v) is 8.01. The minimum Gasteiger partial charge on any atom is -0.495 e. The van der Waals surface area contributed by atoms with Crippen LogP contribution in [0.25, 0.3) is 0 Å². The van der Waals surface area contributed by atoms with Crippen LogP contribution in [0.5, 0.6) is 5.75 Å². The maximum absolute atomic E-state index is 6.10. The molecule has 2 aromatic rings. The van der Waals surface area contributed by atoms with E-state index in [9.17, 15) is 0 Å². The van der Waals surface area contributed by atoms with E-state index in [0.29, 0.717) is 28.7 Å². The standard InChI is InChI=1S/C18H20ClN3O.HI/c1-23-17-8-7-14(11-15(17)19)21-18(20)22-16-10-13(16)9-12-5-3-2-4-6-12;/h2-8,11,13,16H,9-10H2,1H3,(H3,20,21,22);1H. The maximum Gasteiger partial charge on any atom is 0.193 e. The number of nitrogens with two attached hydrogens (primary N) is 1. The van der Waals surface area contributed by atoms with Crippen molar-refractivity contribution in [3.63, 3.8) is 0 Å². The fourth-order valence-corrected chi connectivity index (χ4v) is 2.89. The third kappa shape index (κ3) is 5.01. The van der Waals surface area contributed by atoms with Crippen molar-refractivity contribution in [2.75, 3.05) is 12.4 Å². The van der Waals surface area contributed by atoms with E-state index in [1.807, 2.05) is 12.1 Å². The summed E-state index contributed by atoms with van der Waals surface area (Å²) >= 11 is 6.10. The summed E-state index contributed by atoms with van der Waals surface area (Å²) in [6, 6.07) is 16.2. The van der Waals surface area contributed by atoms with Crippen molar-refractivity contribution >= 4 is 47.2 Å². The topological polar surface area (TPSA) is 59.6 Å². The van der Waals surface area contributed by atoms with Gasteiger partial charge in [0.1, 0.15) is 5.75 Å². The second-order valence-electron chi connectivity index (χ2n) is 5.74. The summed E-state index contributed by atoms with van der Waals surface area (Å²) in [5, 5.41) is 3.62. The lowest BCUT2D eigenvalue weighted by atomic mass is 10.1. The number of aliphatic imine (C=N–C) groups is 1. The van der Waals surface area contributed by atoms with Gasteiger partial charge >= 0.3 is 0 Å². The molecule has 6 heteroatoms. The van der Waals surface area contributed by atoms with Crippen molar-refractivity contribution in [3.05, 3.63) is 59.1 Å². The molecule has 1 fully saturated rings. The highest BCUT2D eigenvalue weighted by Crippen LogP contribution is 2.37. The third-order valence-corrected chi connectivity index (χ3v) is 4.25. The average Bonchev–Trinajstić information content (AvgIpc) is 3.25. The predicted molar refractivity (Wildman–Crippen MR) is 111 cm³/mol. The quantitative estimate of drug-likeness (QED) is 0.399. The van der Waals surface area contributed by atoms with E-state index in [0.717, 1.165) is 18.5 Å². The van der Waals surface area contributed by atoms with Crippen LogP contribution in [0.3, 0.4) is 0 Å². The van der Waals surface area contributed by atoms with Gasteiger partial charge in [0.2, 0.25) is 0 Å². The molecule has 1 aliphatic rings. The van der Waals surface area contributed by atoms with Gasteiger partial charge in [0.25, 0.3) is 0 Å². The van der Waals surface area contributed by atoms with Crippen LogP contribution in [-0.4, -0.2) is 19.1 Å². The molecule has 0 saturated heterocycles. The summed E-state index contributed by atoms with van der Waals surface area (Å²) in [4.78, 5) is 4.54. The number of nitrogens with zero attached hydrogens (tertiary/aromatic N) is 1. The molecule has 2 atom stereocenters. The Labute approximate surface area is 164 Å². The number of halogens is 2. The van der Waals surface area contributed by atoms with E-state index in [2.05, 4.69) is 34.6 Å². The Morgan fingerprint density at radius 3 is 2.71 bits per heavy atom. The Morgan fingerprint density at radius 2 is 2.04 bits per heavy atom. The zero-order valence-electron chi connectivity index (χ0n) is 13.4. The molecule has 3 N–H and O–H groups in total. The molecule has 4 nitrogen and oxygen atoms in total. The molecule has 0 aliphatic heterocycles. The summed E-state index contributed by atoms with van der Waals surface area (Å²) in [7, 11) is 1.59. The minimum absolute atomic E-state index is 0. The van der Waals surface area contributed by atoms with E-state index in [4.69, 9.17) is 22.1 Å². The highest BCUT2D eigenvalue weighted by Gasteiger charge is 2.37. The number of ether oxygens (including phenoxy) is 1. The van der Waals surface area contributed by atoms with E-state index in [-0.39, 0.29) is 24.0 Å². The molecule has 1 saturated carbocycles. The summed E-state index contributed by atoms with van der Waals surface area (Å²) in [6.07, 6.45) is 2.14. The van der Waals surface area contributed by atoms with Gasteiger partial charge in [-0.3, -0.25) is 0 Å². The van der Waals surface area contributed by atoms with Gasteiger partial charge in [-0.15, -0.1) is 24.0 Å². The summed E-state index contributed by atoms with van der Waals surface area (Å²) in [5.41, 5.74) is 8.14. The molecule has 128 valence electrons. The van der Waals surface area contributed by atoms with Crippen LogP contribution in [0, 0.1) is 5.92 Å². The average molecular weight is 458 g/mol. The fraction of sp³-hybridized carbons (Fsp3) is 0.278. The smallest absolute Gasteiger partial charge is 0.193 e. The van der Waals surface area contributed by atoms with E-state index in [1.165, 1.54) is 5.56 Å². The molecule has 2 unspecified atom stereocenters. The van der Waals surface area contributed by atoms with Gasteiger partial charge in [-0.05, 0) is 42.5 Å². The fourth-order valence-electron chi connectivity index (χ4n) is 2.63. The molecule has 2 aromatic carbocycles. The SMILES string of the molecule is COc1ccc(NC(N)=NC2CC2Cc2ccccc2)cc1Cl.I.